The van der Waals surface area contributed by atoms with Gasteiger partial charge in [-0.1, -0.05) is 13.5 Å². The van der Waals surface area contributed by atoms with Crippen LogP contribution in [0.2, 0.25) is 0 Å². The van der Waals surface area contributed by atoms with Gasteiger partial charge in [0.1, 0.15) is 18.2 Å². The van der Waals surface area contributed by atoms with Crippen LogP contribution in [0.3, 0.4) is 0 Å². The molecule has 2 saturated heterocycles. The number of amides is 1. The average molecular weight is 574 g/mol. The van der Waals surface area contributed by atoms with Gasteiger partial charge in [-0.2, -0.15) is 23.1 Å². The number of likely N-dealkylation sites (tertiary alicyclic amines) is 1. The summed E-state index contributed by atoms with van der Waals surface area (Å²) in [5.41, 5.74) is 6.63. The second-order valence-electron chi connectivity index (χ2n) is 11.5. The van der Waals surface area contributed by atoms with E-state index in [2.05, 4.69) is 28.4 Å². The molecule has 222 valence electrons. The molecule has 4 atom stereocenters. The van der Waals surface area contributed by atoms with Gasteiger partial charge in [0.25, 0.3) is 0 Å². The second-order valence-corrected chi connectivity index (χ2v) is 11.5. The van der Waals surface area contributed by atoms with Crippen molar-refractivity contribution >= 4 is 17.5 Å². The molecule has 12 heteroatoms. The number of fused-ring (bicyclic) bond motifs is 1. The van der Waals surface area contributed by atoms with E-state index in [1.54, 1.807) is 4.90 Å². The molecular weight excluding hydrogens is 535 g/mol. The molecule has 0 radical (unpaired) electrons. The summed E-state index contributed by atoms with van der Waals surface area (Å²) in [5, 5.41) is 0. The van der Waals surface area contributed by atoms with Crippen molar-refractivity contribution < 1.29 is 22.7 Å². The molecule has 4 heterocycles. The Bertz CT molecular complexity index is 1300. The summed E-state index contributed by atoms with van der Waals surface area (Å²) in [7, 11) is 2.06. The highest BCUT2D eigenvalue weighted by Crippen LogP contribution is 2.44. The van der Waals surface area contributed by atoms with E-state index >= 15 is 0 Å². The normalized spacial score (nSPS) is 25.2. The molecule has 2 aromatic rings. The SMILES string of the molecule is C=CC(=O)N1CCN(c2nc(OCC3CCCN3C)nc3c2CC(C)C(c2nc(N)ccc2C(F)(F)F)C3)C(C)C1. The van der Waals surface area contributed by atoms with E-state index in [0.29, 0.717) is 38.4 Å². The molecular formula is C29H38F3N7O2. The number of piperazine rings is 1. The summed E-state index contributed by atoms with van der Waals surface area (Å²) in [6.45, 7) is 10.6. The standard InChI is InChI=1S/C29H38F3N7O2/c1-5-25(40)38-11-12-39(18(3)15-38)27-21-13-17(2)20(26-22(29(30,31)32)8-9-24(33)35-26)14-23(21)34-28(36-27)41-16-19-7-6-10-37(19)4/h5,8-9,17-20H,1,6-7,10-16H2,2-4H3,(H2,33,35). The minimum atomic E-state index is -4.55. The number of carbonyl (C=O) groups excluding carboxylic acids is 1. The molecule has 2 N–H and O–H groups in total. The number of anilines is 2. The number of carbonyl (C=O) groups is 1. The van der Waals surface area contributed by atoms with Gasteiger partial charge in [0.15, 0.2) is 0 Å². The summed E-state index contributed by atoms with van der Waals surface area (Å²) in [4.78, 5) is 32.3. The highest BCUT2D eigenvalue weighted by Gasteiger charge is 2.41. The number of rotatable bonds is 6. The minimum absolute atomic E-state index is 0.0408. The number of nitrogens with two attached hydrogens (primary N) is 1. The van der Waals surface area contributed by atoms with Gasteiger partial charge in [-0.3, -0.25) is 4.79 Å². The number of hydrogen-bond donors (Lipinski definition) is 1. The molecule has 1 amide bonds. The fourth-order valence-electron chi connectivity index (χ4n) is 6.39. The maximum absolute atomic E-state index is 14.0. The van der Waals surface area contributed by atoms with Crippen molar-refractivity contribution in [2.45, 2.75) is 63.7 Å². The van der Waals surface area contributed by atoms with Crippen LogP contribution in [0.5, 0.6) is 6.01 Å². The van der Waals surface area contributed by atoms with Crippen LogP contribution < -0.4 is 15.4 Å². The number of aromatic nitrogens is 3. The van der Waals surface area contributed by atoms with E-state index in [0.717, 1.165) is 36.8 Å². The summed E-state index contributed by atoms with van der Waals surface area (Å²) in [6.07, 6.45) is -0.373. The highest BCUT2D eigenvalue weighted by atomic mass is 19.4. The summed E-state index contributed by atoms with van der Waals surface area (Å²) < 4.78 is 48.1. The van der Waals surface area contributed by atoms with Crippen molar-refractivity contribution in [2.24, 2.45) is 5.92 Å². The van der Waals surface area contributed by atoms with E-state index in [9.17, 15) is 18.0 Å². The molecule has 0 saturated carbocycles. The Labute approximate surface area is 238 Å². The topological polar surface area (TPSA) is 101 Å². The number of nitrogen functional groups attached to an aromatic ring is 1. The fraction of sp³-hybridized carbons (Fsp3) is 0.586. The maximum atomic E-state index is 14.0. The van der Waals surface area contributed by atoms with E-state index in [1.165, 1.54) is 12.1 Å². The predicted molar refractivity (Wildman–Crippen MR) is 150 cm³/mol. The Hall–Kier alpha value is -3.41. The number of ether oxygens (including phenoxy) is 1. The van der Waals surface area contributed by atoms with Gasteiger partial charge in [0.05, 0.1) is 17.0 Å². The summed E-state index contributed by atoms with van der Waals surface area (Å²) >= 11 is 0. The van der Waals surface area contributed by atoms with Crippen LogP contribution in [0, 0.1) is 5.92 Å². The first kappa shape index (κ1) is 29.1. The van der Waals surface area contributed by atoms with Gasteiger partial charge < -0.3 is 25.2 Å². The second kappa shape index (κ2) is 11.5. The number of halogens is 3. The number of pyridine rings is 1. The lowest BCUT2D eigenvalue weighted by Crippen LogP contribution is -2.54. The van der Waals surface area contributed by atoms with Gasteiger partial charge in [0.2, 0.25) is 5.91 Å². The lowest BCUT2D eigenvalue weighted by molar-refractivity contribution is -0.138. The van der Waals surface area contributed by atoms with Crippen LogP contribution in [0.25, 0.3) is 0 Å². The molecule has 1 aliphatic carbocycles. The van der Waals surface area contributed by atoms with Crippen molar-refractivity contribution in [3.8, 4) is 6.01 Å². The maximum Gasteiger partial charge on any atom is 0.418 e. The van der Waals surface area contributed by atoms with Gasteiger partial charge in [-0.15, -0.1) is 0 Å². The molecule has 3 aliphatic rings. The van der Waals surface area contributed by atoms with Crippen molar-refractivity contribution in [1.82, 2.24) is 24.8 Å². The lowest BCUT2D eigenvalue weighted by Gasteiger charge is -2.42. The van der Waals surface area contributed by atoms with Crippen molar-refractivity contribution in [2.75, 3.05) is 50.5 Å². The Morgan fingerprint density at radius 2 is 1.95 bits per heavy atom. The van der Waals surface area contributed by atoms with Gasteiger partial charge in [0, 0.05) is 43.2 Å². The molecule has 2 aromatic heterocycles. The van der Waals surface area contributed by atoms with Crippen LogP contribution in [0.4, 0.5) is 24.8 Å². The van der Waals surface area contributed by atoms with Crippen LogP contribution in [-0.4, -0.2) is 82.6 Å². The van der Waals surface area contributed by atoms with E-state index < -0.39 is 17.7 Å². The zero-order chi connectivity index (χ0) is 29.5. The van der Waals surface area contributed by atoms with Crippen molar-refractivity contribution in [3.05, 3.63) is 47.3 Å². The fourth-order valence-corrected chi connectivity index (χ4v) is 6.39. The number of likely N-dealkylation sites (N-methyl/N-ethyl adjacent to an activating group) is 1. The molecule has 0 bridgehead atoms. The smallest absolute Gasteiger partial charge is 0.418 e. The lowest BCUT2D eigenvalue weighted by atomic mass is 9.75. The first-order valence-electron chi connectivity index (χ1n) is 14.2. The largest absolute Gasteiger partial charge is 0.462 e. The van der Waals surface area contributed by atoms with Crippen LogP contribution in [-0.2, 0) is 23.8 Å². The molecule has 5 rings (SSSR count). The van der Waals surface area contributed by atoms with Gasteiger partial charge >= 0.3 is 12.2 Å². The third-order valence-electron chi connectivity index (χ3n) is 8.74. The summed E-state index contributed by atoms with van der Waals surface area (Å²) in [5.74, 6) is -0.0287. The number of nitrogens with zero attached hydrogens (tertiary/aromatic N) is 6. The summed E-state index contributed by atoms with van der Waals surface area (Å²) in [6, 6.07) is 2.65. The Kier molecular flexibility index (Phi) is 8.13. The van der Waals surface area contributed by atoms with E-state index in [-0.39, 0.29) is 47.9 Å². The third kappa shape index (κ3) is 5.98. The molecule has 2 fully saturated rings. The molecule has 9 nitrogen and oxygen atoms in total. The number of alkyl halides is 3. The average Bonchev–Trinajstić information content (AvgIpc) is 3.34. The number of hydrogen-bond acceptors (Lipinski definition) is 8. The third-order valence-corrected chi connectivity index (χ3v) is 8.74. The van der Waals surface area contributed by atoms with Crippen LogP contribution in [0.15, 0.2) is 24.8 Å². The minimum Gasteiger partial charge on any atom is -0.462 e. The first-order valence-corrected chi connectivity index (χ1v) is 14.2. The van der Waals surface area contributed by atoms with E-state index in [1.807, 2.05) is 13.8 Å². The van der Waals surface area contributed by atoms with Crippen LogP contribution in [0.1, 0.15) is 55.1 Å². The Balaban J connectivity index is 1.51. The zero-order valence-corrected chi connectivity index (χ0v) is 23.8. The quantitative estimate of drug-likeness (QED) is 0.523. The molecule has 2 aliphatic heterocycles. The first-order chi connectivity index (χ1) is 19.5. The predicted octanol–water partition coefficient (Wildman–Crippen LogP) is 3.69. The molecule has 41 heavy (non-hydrogen) atoms. The monoisotopic (exact) mass is 573 g/mol. The van der Waals surface area contributed by atoms with Gasteiger partial charge in [-0.25, -0.2) is 4.98 Å². The highest BCUT2D eigenvalue weighted by molar-refractivity contribution is 5.87. The zero-order valence-electron chi connectivity index (χ0n) is 23.8. The molecule has 0 aromatic carbocycles. The van der Waals surface area contributed by atoms with Gasteiger partial charge in [-0.05, 0) is 70.3 Å². The van der Waals surface area contributed by atoms with E-state index in [4.69, 9.17) is 20.4 Å². The molecule has 4 unspecified atom stereocenters. The van der Waals surface area contributed by atoms with Crippen molar-refractivity contribution in [1.29, 1.82) is 0 Å². The Morgan fingerprint density at radius 1 is 1.17 bits per heavy atom. The molecule has 0 spiro atoms. The Morgan fingerprint density at radius 3 is 2.61 bits per heavy atom. The van der Waals surface area contributed by atoms with Crippen molar-refractivity contribution in [3.63, 3.8) is 0 Å². The van der Waals surface area contributed by atoms with Crippen LogP contribution >= 0.6 is 0 Å².